The number of furan rings is 1. The van der Waals surface area contributed by atoms with E-state index in [1.165, 1.54) is 42.1 Å². The number of hydrogen-bond donors (Lipinski definition) is 0. The Bertz CT molecular complexity index is 1840. The minimum atomic E-state index is 0.924. The zero-order valence-corrected chi connectivity index (χ0v) is 19.5. The van der Waals surface area contributed by atoms with Crippen LogP contribution in [0.25, 0.3) is 64.5 Å². The molecule has 0 saturated heterocycles. The van der Waals surface area contributed by atoms with Crippen molar-refractivity contribution >= 4 is 53.4 Å². The summed E-state index contributed by atoms with van der Waals surface area (Å²) in [5, 5.41) is 5.00. The van der Waals surface area contributed by atoms with Crippen LogP contribution < -0.4 is 0 Å². The molecule has 3 heteroatoms. The van der Waals surface area contributed by atoms with E-state index in [2.05, 4.69) is 85.8 Å². The Balaban J connectivity index is 1.39. The number of benzene rings is 4. The average Bonchev–Trinajstić information content (AvgIpc) is 3.47. The highest BCUT2D eigenvalue weighted by Gasteiger charge is 2.16. The number of aryl methyl sites for hydroxylation is 1. The largest absolute Gasteiger partial charge is 0.455 e. The fourth-order valence-corrected chi connectivity index (χ4v) is 6.32. The number of thiophene rings is 1. The number of fused-ring (bicyclic) bond motifs is 6. The van der Waals surface area contributed by atoms with Crippen molar-refractivity contribution in [3.8, 4) is 22.4 Å². The summed E-state index contributed by atoms with van der Waals surface area (Å²) in [6.07, 6.45) is 2.96. The van der Waals surface area contributed by atoms with E-state index in [0.717, 1.165) is 34.4 Å². The van der Waals surface area contributed by atoms with Crippen LogP contribution in [-0.4, -0.2) is 4.98 Å². The Morgan fingerprint density at radius 3 is 2.41 bits per heavy atom. The maximum absolute atomic E-state index is 6.35. The van der Waals surface area contributed by atoms with Gasteiger partial charge in [-0.3, -0.25) is 4.98 Å². The van der Waals surface area contributed by atoms with E-state index in [9.17, 15) is 0 Å². The van der Waals surface area contributed by atoms with Crippen LogP contribution in [0.1, 0.15) is 12.5 Å². The summed E-state index contributed by atoms with van der Waals surface area (Å²) in [5.74, 6) is 0. The third-order valence-corrected chi connectivity index (χ3v) is 7.97. The molecule has 0 radical (unpaired) electrons. The summed E-state index contributed by atoms with van der Waals surface area (Å²) in [7, 11) is 0. The molecule has 7 rings (SSSR count). The van der Waals surface area contributed by atoms with E-state index in [0.29, 0.717) is 0 Å². The van der Waals surface area contributed by atoms with Gasteiger partial charge in [-0.05, 0) is 36.2 Å². The zero-order chi connectivity index (χ0) is 22.6. The molecule has 0 unspecified atom stereocenters. The van der Waals surface area contributed by atoms with Gasteiger partial charge in [0.25, 0.3) is 0 Å². The van der Waals surface area contributed by atoms with Crippen LogP contribution >= 0.6 is 11.3 Å². The Kier molecular flexibility index (Phi) is 4.33. The van der Waals surface area contributed by atoms with Crippen molar-refractivity contribution in [1.29, 1.82) is 0 Å². The van der Waals surface area contributed by atoms with Crippen LogP contribution in [0, 0.1) is 0 Å². The highest BCUT2D eigenvalue weighted by atomic mass is 32.1. The Morgan fingerprint density at radius 2 is 1.56 bits per heavy atom. The highest BCUT2D eigenvalue weighted by molar-refractivity contribution is 7.26. The van der Waals surface area contributed by atoms with E-state index in [1.54, 1.807) is 0 Å². The molecule has 3 heterocycles. The average molecular weight is 456 g/mol. The lowest BCUT2D eigenvalue weighted by Crippen LogP contribution is -1.88. The second-order valence-electron chi connectivity index (χ2n) is 8.64. The van der Waals surface area contributed by atoms with Gasteiger partial charge in [0.1, 0.15) is 11.2 Å². The van der Waals surface area contributed by atoms with Gasteiger partial charge < -0.3 is 4.42 Å². The fraction of sp³-hybridized carbons (Fsp3) is 0.0645. The first-order valence-electron chi connectivity index (χ1n) is 11.6. The van der Waals surface area contributed by atoms with Crippen LogP contribution in [0.4, 0.5) is 0 Å². The van der Waals surface area contributed by atoms with Crippen molar-refractivity contribution in [2.24, 2.45) is 0 Å². The second kappa shape index (κ2) is 7.54. The van der Waals surface area contributed by atoms with Gasteiger partial charge in [-0.25, -0.2) is 0 Å². The molecule has 4 aromatic carbocycles. The van der Waals surface area contributed by atoms with Crippen LogP contribution in [0.15, 0.2) is 102 Å². The van der Waals surface area contributed by atoms with Gasteiger partial charge >= 0.3 is 0 Å². The molecule has 0 aliphatic heterocycles. The van der Waals surface area contributed by atoms with Crippen LogP contribution in [0.5, 0.6) is 0 Å². The van der Waals surface area contributed by atoms with Crippen LogP contribution in [0.3, 0.4) is 0 Å². The van der Waals surface area contributed by atoms with Gasteiger partial charge in [-0.1, -0.05) is 73.7 Å². The first-order valence-corrected chi connectivity index (χ1v) is 12.4. The zero-order valence-electron chi connectivity index (χ0n) is 18.7. The lowest BCUT2D eigenvalue weighted by atomic mass is 9.99. The summed E-state index contributed by atoms with van der Waals surface area (Å²) >= 11 is 1.85. The first kappa shape index (κ1) is 19.5. The molecule has 0 spiro atoms. The Hall–Kier alpha value is -3.95. The van der Waals surface area contributed by atoms with Crippen molar-refractivity contribution in [2.75, 3.05) is 0 Å². The van der Waals surface area contributed by atoms with Crippen molar-refractivity contribution in [1.82, 2.24) is 4.98 Å². The molecular weight excluding hydrogens is 434 g/mol. The van der Waals surface area contributed by atoms with Gasteiger partial charge in [-0.2, -0.15) is 0 Å². The molecule has 2 nitrogen and oxygen atoms in total. The van der Waals surface area contributed by atoms with Gasteiger partial charge in [0.2, 0.25) is 0 Å². The number of nitrogens with zero attached hydrogens (tertiary/aromatic N) is 1. The summed E-state index contributed by atoms with van der Waals surface area (Å²) in [6.45, 7) is 2.19. The van der Waals surface area contributed by atoms with E-state index < -0.39 is 0 Å². The first-order chi connectivity index (χ1) is 16.8. The molecule has 0 amide bonds. The molecule has 0 aliphatic rings. The molecule has 34 heavy (non-hydrogen) atoms. The molecular formula is C31H21NOS. The normalized spacial score (nSPS) is 11.8. The SMILES string of the molecule is CCc1ccc(-c2ccc(-c3cccc4c3sc3ccccc34)cn2)c2oc3ccccc3c12. The van der Waals surface area contributed by atoms with Crippen molar-refractivity contribution in [3.05, 3.63) is 103 Å². The van der Waals surface area contributed by atoms with Crippen LogP contribution in [0.2, 0.25) is 0 Å². The molecule has 0 bridgehead atoms. The Labute approximate surface area is 201 Å². The smallest absolute Gasteiger partial charge is 0.145 e. The van der Waals surface area contributed by atoms with Crippen molar-refractivity contribution < 1.29 is 4.42 Å². The minimum Gasteiger partial charge on any atom is -0.455 e. The number of pyridine rings is 1. The highest BCUT2D eigenvalue weighted by Crippen LogP contribution is 2.41. The summed E-state index contributed by atoms with van der Waals surface area (Å²) in [6, 6.07) is 32.1. The number of hydrogen-bond acceptors (Lipinski definition) is 3. The lowest BCUT2D eigenvalue weighted by molar-refractivity contribution is 0.669. The van der Waals surface area contributed by atoms with Crippen molar-refractivity contribution in [2.45, 2.75) is 13.3 Å². The quantitative estimate of drug-likeness (QED) is 0.265. The van der Waals surface area contributed by atoms with Gasteiger partial charge in [0.05, 0.1) is 5.69 Å². The monoisotopic (exact) mass is 455 g/mol. The fourth-order valence-electron chi connectivity index (χ4n) is 5.08. The Morgan fingerprint density at radius 1 is 0.735 bits per heavy atom. The number of aromatic nitrogens is 1. The summed E-state index contributed by atoms with van der Waals surface area (Å²) < 4.78 is 8.98. The van der Waals surface area contributed by atoms with Gasteiger partial charge in [0, 0.05) is 53.8 Å². The minimum absolute atomic E-state index is 0.924. The third-order valence-electron chi connectivity index (χ3n) is 6.75. The maximum atomic E-state index is 6.35. The van der Waals surface area contributed by atoms with Crippen molar-refractivity contribution in [3.63, 3.8) is 0 Å². The topological polar surface area (TPSA) is 26.0 Å². The molecule has 0 N–H and O–H groups in total. The second-order valence-corrected chi connectivity index (χ2v) is 9.69. The molecule has 3 aromatic heterocycles. The molecule has 162 valence electrons. The van der Waals surface area contributed by atoms with E-state index in [-0.39, 0.29) is 0 Å². The van der Waals surface area contributed by atoms with E-state index in [1.807, 2.05) is 29.7 Å². The lowest BCUT2D eigenvalue weighted by Gasteiger charge is -2.08. The molecule has 0 atom stereocenters. The molecule has 0 saturated carbocycles. The summed E-state index contributed by atoms with van der Waals surface area (Å²) in [4.78, 5) is 4.91. The van der Waals surface area contributed by atoms with Gasteiger partial charge in [-0.15, -0.1) is 11.3 Å². The van der Waals surface area contributed by atoms with E-state index >= 15 is 0 Å². The summed E-state index contributed by atoms with van der Waals surface area (Å²) in [5.41, 5.74) is 7.48. The van der Waals surface area contributed by atoms with E-state index in [4.69, 9.17) is 9.40 Å². The number of rotatable bonds is 3. The molecule has 0 aliphatic carbocycles. The maximum Gasteiger partial charge on any atom is 0.145 e. The predicted octanol–water partition coefficient (Wildman–Crippen LogP) is 9.25. The predicted molar refractivity (Wildman–Crippen MR) is 145 cm³/mol. The molecule has 0 fully saturated rings. The molecule has 7 aromatic rings. The van der Waals surface area contributed by atoms with Gasteiger partial charge in [0.15, 0.2) is 0 Å². The van der Waals surface area contributed by atoms with Crippen LogP contribution in [-0.2, 0) is 6.42 Å². The third kappa shape index (κ3) is 2.84. The standard InChI is InChI=1S/C31H21NOS/c1-2-19-14-16-24(30-29(19)25-9-3-5-12-27(25)33-30)26-17-15-20(18-32-26)21-10-7-11-23-22-8-4-6-13-28(22)34-31(21)23/h3-18H,2H2,1H3. The number of para-hydroxylation sites is 1.